The minimum atomic E-state index is 0.223. The van der Waals surface area contributed by atoms with Crippen molar-refractivity contribution in [3.63, 3.8) is 0 Å². The summed E-state index contributed by atoms with van der Waals surface area (Å²) in [5.74, 6) is 1.61. The lowest BCUT2D eigenvalue weighted by Gasteiger charge is -2.35. The van der Waals surface area contributed by atoms with Crippen LogP contribution >= 0.6 is 0 Å². The fraction of sp³-hybridized carbons (Fsp3) is 1.00. The molecule has 0 saturated carbocycles. The summed E-state index contributed by atoms with van der Waals surface area (Å²) in [6.45, 7) is 9.93. The predicted molar refractivity (Wildman–Crippen MR) is 62.0 cm³/mol. The molecule has 0 amide bonds. The van der Waals surface area contributed by atoms with Crippen LogP contribution in [0.25, 0.3) is 0 Å². The van der Waals surface area contributed by atoms with Crippen molar-refractivity contribution in [3.05, 3.63) is 0 Å². The highest BCUT2D eigenvalue weighted by Crippen LogP contribution is 2.20. The highest BCUT2D eigenvalue weighted by molar-refractivity contribution is 4.88. The molecule has 3 nitrogen and oxygen atoms in total. The van der Waals surface area contributed by atoms with Gasteiger partial charge in [-0.05, 0) is 44.7 Å². The van der Waals surface area contributed by atoms with Crippen LogP contribution in [0.2, 0.25) is 0 Å². The molecule has 88 valence electrons. The predicted octanol–water partition coefficient (Wildman–Crippen LogP) is 1.00. The van der Waals surface area contributed by atoms with E-state index in [1.165, 1.54) is 25.9 Å². The molecule has 1 unspecified atom stereocenters. The average Bonchev–Trinajstić information content (AvgIpc) is 2.62. The normalized spacial score (nSPS) is 42.0. The highest BCUT2D eigenvalue weighted by atomic mass is 16.5. The number of ether oxygens (including phenoxy) is 1. The molecule has 2 aliphatic heterocycles. The van der Waals surface area contributed by atoms with Crippen molar-refractivity contribution in [2.75, 3.05) is 32.8 Å². The number of hydrogen-bond donors (Lipinski definition) is 2. The van der Waals surface area contributed by atoms with Gasteiger partial charge in [0.15, 0.2) is 0 Å². The van der Waals surface area contributed by atoms with Gasteiger partial charge in [0.2, 0.25) is 0 Å². The van der Waals surface area contributed by atoms with Crippen LogP contribution in [0.1, 0.15) is 26.7 Å². The van der Waals surface area contributed by atoms with Gasteiger partial charge in [-0.15, -0.1) is 0 Å². The zero-order chi connectivity index (χ0) is 10.7. The molecular weight excluding hydrogens is 188 g/mol. The molecule has 2 saturated heterocycles. The van der Waals surface area contributed by atoms with Crippen LogP contribution in [-0.2, 0) is 4.74 Å². The molecule has 0 aromatic carbocycles. The third-order valence-corrected chi connectivity index (χ3v) is 3.91. The second kappa shape index (κ2) is 4.81. The van der Waals surface area contributed by atoms with Gasteiger partial charge in [0.1, 0.15) is 0 Å². The van der Waals surface area contributed by atoms with Crippen LogP contribution in [0.3, 0.4) is 0 Å². The van der Waals surface area contributed by atoms with Crippen molar-refractivity contribution < 1.29 is 4.74 Å². The Morgan fingerprint density at radius 3 is 2.93 bits per heavy atom. The maximum absolute atomic E-state index is 5.55. The van der Waals surface area contributed by atoms with E-state index in [2.05, 4.69) is 24.5 Å². The molecule has 2 rings (SSSR count). The summed E-state index contributed by atoms with van der Waals surface area (Å²) in [4.78, 5) is 0. The largest absolute Gasteiger partial charge is 0.380 e. The summed E-state index contributed by atoms with van der Waals surface area (Å²) in [6, 6.07) is 0. The maximum Gasteiger partial charge on any atom is 0.0645 e. The SMILES string of the molecule is C[C@@H]1CNC[C@H]1CNC1(C)CCCOC1. The van der Waals surface area contributed by atoms with E-state index in [4.69, 9.17) is 4.74 Å². The van der Waals surface area contributed by atoms with Crippen LogP contribution < -0.4 is 10.6 Å². The first kappa shape index (κ1) is 11.4. The van der Waals surface area contributed by atoms with E-state index in [1.807, 2.05) is 0 Å². The Labute approximate surface area is 93.0 Å². The molecule has 15 heavy (non-hydrogen) atoms. The van der Waals surface area contributed by atoms with E-state index >= 15 is 0 Å². The lowest BCUT2D eigenvalue weighted by Crippen LogP contribution is -2.51. The summed E-state index contributed by atoms with van der Waals surface area (Å²) in [7, 11) is 0. The average molecular weight is 212 g/mol. The first-order valence-corrected chi connectivity index (χ1v) is 6.23. The van der Waals surface area contributed by atoms with Gasteiger partial charge in [-0.2, -0.15) is 0 Å². The van der Waals surface area contributed by atoms with Gasteiger partial charge in [-0.1, -0.05) is 6.92 Å². The van der Waals surface area contributed by atoms with Gasteiger partial charge in [-0.25, -0.2) is 0 Å². The molecule has 0 bridgehead atoms. The Balaban J connectivity index is 1.76. The van der Waals surface area contributed by atoms with E-state index in [-0.39, 0.29) is 5.54 Å². The van der Waals surface area contributed by atoms with Crippen LogP contribution in [0, 0.1) is 11.8 Å². The van der Waals surface area contributed by atoms with E-state index < -0.39 is 0 Å². The second-order valence-corrected chi connectivity index (χ2v) is 5.49. The summed E-state index contributed by atoms with van der Waals surface area (Å²) in [5, 5.41) is 7.16. The first-order chi connectivity index (χ1) is 7.20. The topological polar surface area (TPSA) is 33.3 Å². The molecule has 3 atom stereocenters. The second-order valence-electron chi connectivity index (χ2n) is 5.49. The Morgan fingerprint density at radius 2 is 2.33 bits per heavy atom. The quantitative estimate of drug-likeness (QED) is 0.732. The molecular formula is C12H24N2O. The van der Waals surface area contributed by atoms with Crippen LogP contribution in [-0.4, -0.2) is 38.4 Å². The van der Waals surface area contributed by atoms with Gasteiger partial charge in [0.05, 0.1) is 6.61 Å². The monoisotopic (exact) mass is 212 g/mol. The highest BCUT2D eigenvalue weighted by Gasteiger charge is 2.30. The van der Waals surface area contributed by atoms with Crippen molar-refractivity contribution in [2.24, 2.45) is 11.8 Å². The van der Waals surface area contributed by atoms with Crippen LogP contribution in [0.5, 0.6) is 0 Å². The van der Waals surface area contributed by atoms with Gasteiger partial charge >= 0.3 is 0 Å². The maximum atomic E-state index is 5.55. The smallest absolute Gasteiger partial charge is 0.0645 e. The van der Waals surface area contributed by atoms with Gasteiger partial charge < -0.3 is 15.4 Å². The number of rotatable bonds is 3. The third kappa shape index (κ3) is 2.92. The van der Waals surface area contributed by atoms with E-state index in [0.29, 0.717) is 0 Å². The van der Waals surface area contributed by atoms with Crippen molar-refractivity contribution in [1.29, 1.82) is 0 Å². The molecule has 2 N–H and O–H groups in total. The molecule has 0 aliphatic carbocycles. The summed E-state index contributed by atoms with van der Waals surface area (Å²) >= 11 is 0. The van der Waals surface area contributed by atoms with Crippen molar-refractivity contribution in [3.8, 4) is 0 Å². The van der Waals surface area contributed by atoms with Crippen molar-refractivity contribution in [2.45, 2.75) is 32.2 Å². The Kier molecular flexibility index (Phi) is 3.65. The Bertz CT molecular complexity index is 202. The Morgan fingerprint density at radius 1 is 1.47 bits per heavy atom. The van der Waals surface area contributed by atoms with Gasteiger partial charge in [0, 0.05) is 18.7 Å². The van der Waals surface area contributed by atoms with Crippen LogP contribution in [0.4, 0.5) is 0 Å². The first-order valence-electron chi connectivity index (χ1n) is 6.23. The van der Waals surface area contributed by atoms with E-state index in [9.17, 15) is 0 Å². The summed E-state index contributed by atoms with van der Waals surface area (Å²) in [6.07, 6.45) is 2.45. The standard InChI is InChI=1S/C12H24N2O/c1-10-6-13-7-11(10)8-14-12(2)4-3-5-15-9-12/h10-11,13-14H,3-9H2,1-2H3/t10-,11+,12?/m1/s1. The third-order valence-electron chi connectivity index (χ3n) is 3.91. The molecule has 0 radical (unpaired) electrons. The fourth-order valence-corrected chi connectivity index (χ4v) is 2.59. The zero-order valence-corrected chi connectivity index (χ0v) is 10.0. The van der Waals surface area contributed by atoms with Crippen molar-refractivity contribution in [1.82, 2.24) is 10.6 Å². The van der Waals surface area contributed by atoms with Gasteiger partial charge in [0.25, 0.3) is 0 Å². The Hall–Kier alpha value is -0.120. The molecule has 2 aliphatic rings. The molecule has 0 aromatic rings. The lowest BCUT2D eigenvalue weighted by atomic mass is 9.92. The lowest BCUT2D eigenvalue weighted by molar-refractivity contribution is 0.0265. The number of hydrogen-bond acceptors (Lipinski definition) is 3. The zero-order valence-electron chi connectivity index (χ0n) is 10.0. The number of nitrogens with one attached hydrogen (secondary N) is 2. The van der Waals surface area contributed by atoms with Crippen molar-refractivity contribution >= 4 is 0 Å². The summed E-state index contributed by atoms with van der Waals surface area (Å²) in [5.41, 5.74) is 0.223. The van der Waals surface area contributed by atoms with Gasteiger partial charge in [-0.3, -0.25) is 0 Å². The van der Waals surface area contributed by atoms with E-state index in [1.54, 1.807) is 0 Å². The fourth-order valence-electron chi connectivity index (χ4n) is 2.59. The minimum Gasteiger partial charge on any atom is -0.380 e. The molecule has 2 fully saturated rings. The minimum absolute atomic E-state index is 0.223. The molecule has 2 heterocycles. The summed E-state index contributed by atoms with van der Waals surface area (Å²) < 4.78 is 5.55. The van der Waals surface area contributed by atoms with E-state index in [0.717, 1.165) is 31.6 Å². The van der Waals surface area contributed by atoms with Crippen LogP contribution in [0.15, 0.2) is 0 Å². The molecule has 3 heteroatoms. The molecule has 0 spiro atoms. The molecule has 0 aromatic heterocycles.